The lowest BCUT2D eigenvalue weighted by atomic mass is 10.3. The van der Waals surface area contributed by atoms with Gasteiger partial charge < -0.3 is 5.32 Å². The van der Waals surface area contributed by atoms with Crippen LogP contribution in [-0.4, -0.2) is 38.6 Å². The Bertz CT molecular complexity index is 519. The van der Waals surface area contributed by atoms with Crippen LogP contribution in [0.2, 0.25) is 0 Å². The number of hydrogen-bond acceptors (Lipinski definition) is 5. The van der Waals surface area contributed by atoms with E-state index in [0.29, 0.717) is 10.3 Å². The zero-order valence-electron chi connectivity index (χ0n) is 11.9. The second-order valence-electron chi connectivity index (χ2n) is 5.26. The van der Waals surface area contributed by atoms with E-state index in [1.807, 2.05) is 6.07 Å². The summed E-state index contributed by atoms with van der Waals surface area (Å²) in [5, 5.41) is 3.34. The molecular formula is C13H22N2O2S3. The molecule has 0 aliphatic carbocycles. The van der Waals surface area contributed by atoms with Gasteiger partial charge in [0.1, 0.15) is 4.21 Å². The maximum atomic E-state index is 12.3. The molecule has 0 amide bonds. The standard InChI is InChI=1S/C13H22N2O2S3/c1-10(2)14-7-5-12-3-4-13(19-12)20(16,17)15-11-6-8-18-9-11/h3-4,10-11,14-15H,5-9H2,1-2H3. The molecule has 2 heterocycles. The SMILES string of the molecule is CC(C)NCCc1ccc(S(=O)(=O)NC2CCSC2)s1. The highest BCUT2D eigenvalue weighted by atomic mass is 32.2. The molecule has 7 heteroatoms. The van der Waals surface area contributed by atoms with E-state index in [2.05, 4.69) is 23.9 Å². The van der Waals surface area contributed by atoms with Crippen LogP contribution in [0, 0.1) is 0 Å². The van der Waals surface area contributed by atoms with Gasteiger partial charge in [-0.15, -0.1) is 11.3 Å². The highest BCUT2D eigenvalue weighted by molar-refractivity contribution is 7.99. The fraction of sp³-hybridized carbons (Fsp3) is 0.692. The Morgan fingerprint density at radius 2 is 2.20 bits per heavy atom. The van der Waals surface area contributed by atoms with E-state index in [4.69, 9.17) is 0 Å². The zero-order chi connectivity index (χ0) is 14.6. The van der Waals surface area contributed by atoms with Crippen LogP contribution in [0.25, 0.3) is 0 Å². The lowest BCUT2D eigenvalue weighted by molar-refractivity contribution is 0.565. The van der Waals surface area contributed by atoms with Crippen molar-refractivity contribution in [3.05, 3.63) is 17.0 Å². The largest absolute Gasteiger partial charge is 0.314 e. The third kappa shape index (κ3) is 4.73. The summed E-state index contributed by atoms with van der Waals surface area (Å²) >= 11 is 3.18. The first kappa shape index (κ1) is 16.3. The van der Waals surface area contributed by atoms with Crippen LogP contribution in [0.3, 0.4) is 0 Å². The first-order chi connectivity index (χ1) is 9.47. The minimum absolute atomic E-state index is 0.0955. The van der Waals surface area contributed by atoms with Crippen molar-refractivity contribution in [2.75, 3.05) is 18.1 Å². The van der Waals surface area contributed by atoms with Gasteiger partial charge >= 0.3 is 0 Å². The molecule has 20 heavy (non-hydrogen) atoms. The summed E-state index contributed by atoms with van der Waals surface area (Å²) in [4.78, 5) is 1.11. The minimum atomic E-state index is -3.33. The van der Waals surface area contributed by atoms with E-state index in [-0.39, 0.29) is 6.04 Å². The average Bonchev–Trinajstić information content (AvgIpc) is 2.99. The van der Waals surface area contributed by atoms with Crippen LogP contribution in [0.15, 0.2) is 16.3 Å². The summed E-state index contributed by atoms with van der Waals surface area (Å²) in [6, 6.07) is 4.20. The van der Waals surface area contributed by atoms with E-state index in [9.17, 15) is 8.42 Å². The Labute approximate surface area is 129 Å². The summed E-state index contributed by atoms with van der Waals surface area (Å²) in [5.41, 5.74) is 0. The molecule has 0 spiro atoms. The molecule has 1 saturated heterocycles. The van der Waals surface area contributed by atoms with Gasteiger partial charge in [-0.1, -0.05) is 13.8 Å². The molecule has 0 radical (unpaired) electrons. The van der Waals surface area contributed by atoms with Gasteiger partial charge in [0.15, 0.2) is 0 Å². The highest BCUT2D eigenvalue weighted by Crippen LogP contribution is 2.24. The lowest BCUT2D eigenvalue weighted by Gasteiger charge is -2.10. The van der Waals surface area contributed by atoms with Gasteiger partial charge in [0.25, 0.3) is 0 Å². The first-order valence-corrected chi connectivity index (χ1v) is 10.3. The summed E-state index contributed by atoms with van der Waals surface area (Å²) in [6.07, 6.45) is 1.80. The molecule has 1 aliphatic heterocycles. The van der Waals surface area contributed by atoms with Gasteiger partial charge in [0, 0.05) is 29.3 Å². The molecule has 0 aromatic carbocycles. The van der Waals surface area contributed by atoms with Gasteiger partial charge in [-0.2, -0.15) is 11.8 Å². The van der Waals surface area contributed by atoms with Crippen LogP contribution in [0.4, 0.5) is 0 Å². The van der Waals surface area contributed by atoms with Crippen molar-refractivity contribution in [2.24, 2.45) is 0 Å². The van der Waals surface area contributed by atoms with Gasteiger partial charge in [-0.3, -0.25) is 0 Å². The first-order valence-electron chi connectivity index (χ1n) is 6.89. The quantitative estimate of drug-likeness (QED) is 0.801. The Balaban J connectivity index is 1.92. The second kappa shape index (κ2) is 7.26. The molecule has 1 atom stereocenters. The molecular weight excluding hydrogens is 312 g/mol. The number of nitrogens with one attached hydrogen (secondary N) is 2. The molecule has 114 valence electrons. The monoisotopic (exact) mass is 334 g/mol. The van der Waals surface area contributed by atoms with Crippen molar-refractivity contribution in [3.63, 3.8) is 0 Å². The van der Waals surface area contributed by atoms with Crippen LogP contribution < -0.4 is 10.0 Å². The van der Waals surface area contributed by atoms with E-state index in [0.717, 1.165) is 35.8 Å². The van der Waals surface area contributed by atoms with Gasteiger partial charge in [0.05, 0.1) is 0 Å². The number of hydrogen-bond donors (Lipinski definition) is 2. The Kier molecular flexibility index (Phi) is 5.92. The van der Waals surface area contributed by atoms with Crippen molar-refractivity contribution >= 4 is 33.1 Å². The normalized spacial score (nSPS) is 19.9. The van der Waals surface area contributed by atoms with Crippen molar-refractivity contribution in [1.82, 2.24) is 10.0 Å². The summed E-state index contributed by atoms with van der Waals surface area (Å²) in [6.45, 7) is 5.09. The number of thiophene rings is 1. The van der Waals surface area contributed by atoms with Gasteiger partial charge in [-0.05, 0) is 30.7 Å². The van der Waals surface area contributed by atoms with Crippen LogP contribution >= 0.6 is 23.1 Å². The van der Waals surface area contributed by atoms with Crippen LogP contribution in [0.1, 0.15) is 25.1 Å². The van der Waals surface area contributed by atoms with Crippen molar-refractivity contribution in [2.45, 2.75) is 43.0 Å². The summed E-state index contributed by atoms with van der Waals surface area (Å²) in [5.74, 6) is 1.93. The molecule has 1 fully saturated rings. The average molecular weight is 335 g/mol. The maximum absolute atomic E-state index is 12.3. The minimum Gasteiger partial charge on any atom is -0.314 e. The third-order valence-corrected chi connectivity index (χ3v) is 7.40. The van der Waals surface area contributed by atoms with E-state index in [1.54, 1.807) is 17.8 Å². The van der Waals surface area contributed by atoms with Gasteiger partial charge in [0.2, 0.25) is 10.0 Å². The summed E-state index contributed by atoms with van der Waals surface area (Å²) < 4.78 is 27.8. The van der Waals surface area contributed by atoms with Crippen molar-refractivity contribution in [1.29, 1.82) is 0 Å². The second-order valence-corrected chi connectivity index (χ2v) is 9.52. The Hall–Kier alpha value is -0.0800. The van der Waals surface area contributed by atoms with Crippen LogP contribution in [0.5, 0.6) is 0 Å². The molecule has 1 aromatic rings. The molecule has 1 aliphatic rings. The molecule has 2 N–H and O–H groups in total. The number of sulfonamides is 1. The van der Waals surface area contributed by atoms with Gasteiger partial charge in [-0.25, -0.2) is 13.1 Å². The molecule has 2 rings (SSSR count). The Morgan fingerprint density at radius 1 is 1.40 bits per heavy atom. The topological polar surface area (TPSA) is 58.2 Å². The molecule has 0 saturated carbocycles. The Morgan fingerprint density at radius 3 is 2.85 bits per heavy atom. The fourth-order valence-corrected chi connectivity index (χ4v) is 5.93. The summed E-state index contributed by atoms with van der Waals surface area (Å²) in [7, 11) is -3.33. The molecule has 1 unspecified atom stereocenters. The fourth-order valence-electron chi connectivity index (χ4n) is 2.03. The van der Waals surface area contributed by atoms with Crippen molar-refractivity contribution < 1.29 is 8.42 Å². The molecule has 0 bridgehead atoms. The smallest absolute Gasteiger partial charge is 0.250 e. The third-order valence-electron chi connectivity index (χ3n) is 3.08. The number of thioether (sulfide) groups is 1. The van der Waals surface area contributed by atoms with E-state index >= 15 is 0 Å². The maximum Gasteiger partial charge on any atom is 0.250 e. The molecule has 1 aromatic heterocycles. The predicted molar refractivity (Wildman–Crippen MR) is 87.2 cm³/mol. The molecule has 4 nitrogen and oxygen atoms in total. The number of rotatable bonds is 7. The van der Waals surface area contributed by atoms with E-state index in [1.165, 1.54) is 11.3 Å². The lowest BCUT2D eigenvalue weighted by Crippen LogP contribution is -2.34. The predicted octanol–water partition coefficient (Wildman–Crippen LogP) is 2.07. The van der Waals surface area contributed by atoms with Crippen molar-refractivity contribution in [3.8, 4) is 0 Å². The zero-order valence-corrected chi connectivity index (χ0v) is 14.3. The van der Waals surface area contributed by atoms with E-state index < -0.39 is 10.0 Å². The highest BCUT2D eigenvalue weighted by Gasteiger charge is 2.24. The van der Waals surface area contributed by atoms with Crippen LogP contribution in [-0.2, 0) is 16.4 Å².